The Bertz CT molecular complexity index is 3180. The van der Waals surface area contributed by atoms with E-state index in [9.17, 15) is 0 Å². The van der Waals surface area contributed by atoms with Gasteiger partial charge in [0, 0.05) is 38.2 Å². The molecular weight excluding hydrogens is 685 g/mol. The van der Waals surface area contributed by atoms with Crippen molar-refractivity contribution in [1.82, 2.24) is 9.97 Å². The average Bonchev–Trinajstić information content (AvgIpc) is 3.84. The summed E-state index contributed by atoms with van der Waals surface area (Å²) in [5.41, 5.74) is 15.0. The van der Waals surface area contributed by atoms with Crippen LogP contribution in [0.25, 0.3) is 111 Å². The Kier molecular flexibility index (Phi) is 7.46. The molecular formula is C52H32N2O2. The summed E-state index contributed by atoms with van der Waals surface area (Å²) in [4.78, 5) is 10.3. The number of furan rings is 2. The van der Waals surface area contributed by atoms with Crippen LogP contribution in [0.4, 0.5) is 0 Å². The summed E-state index contributed by atoms with van der Waals surface area (Å²) in [7, 11) is 0. The van der Waals surface area contributed by atoms with Crippen LogP contribution in [-0.2, 0) is 0 Å². The lowest BCUT2D eigenvalue weighted by atomic mass is 9.93. The van der Waals surface area contributed by atoms with Crippen LogP contribution >= 0.6 is 0 Å². The fraction of sp³-hybridized carbons (Fsp3) is 0. The quantitative estimate of drug-likeness (QED) is 0.172. The maximum Gasteiger partial charge on any atom is 0.160 e. The fourth-order valence-corrected chi connectivity index (χ4v) is 7.84. The highest BCUT2D eigenvalue weighted by Gasteiger charge is 2.16. The number of para-hydroxylation sites is 2. The Morgan fingerprint density at radius 2 is 0.661 bits per heavy atom. The van der Waals surface area contributed by atoms with E-state index in [0.717, 1.165) is 105 Å². The molecule has 262 valence electrons. The molecule has 0 amide bonds. The lowest BCUT2D eigenvalue weighted by Crippen LogP contribution is -1.96. The second kappa shape index (κ2) is 13.1. The number of nitrogens with zero attached hydrogens (tertiary/aromatic N) is 2. The van der Waals surface area contributed by atoms with Crippen LogP contribution in [0.5, 0.6) is 0 Å². The van der Waals surface area contributed by atoms with Crippen LogP contribution in [0.15, 0.2) is 203 Å². The number of hydrogen-bond donors (Lipinski definition) is 0. The molecule has 4 nitrogen and oxygen atoms in total. The van der Waals surface area contributed by atoms with Gasteiger partial charge in [0.2, 0.25) is 0 Å². The maximum atomic E-state index is 6.21. The Hall–Kier alpha value is -7.56. The molecule has 0 fully saturated rings. The van der Waals surface area contributed by atoms with E-state index < -0.39 is 0 Å². The topological polar surface area (TPSA) is 52.1 Å². The van der Waals surface area contributed by atoms with Gasteiger partial charge in [0.25, 0.3) is 0 Å². The lowest BCUT2D eigenvalue weighted by molar-refractivity contribution is 0.668. The van der Waals surface area contributed by atoms with Crippen LogP contribution in [-0.4, -0.2) is 9.97 Å². The number of fused-ring (bicyclic) bond motifs is 6. The second-order valence-electron chi connectivity index (χ2n) is 14.2. The largest absolute Gasteiger partial charge is 0.456 e. The van der Waals surface area contributed by atoms with Gasteiger partial charge in [-0.05, 0) is 94.0 Å². The van der Waals surface area contributed by atoms with Crippen molar-refractivity contribution in [2.45, 2.75) is 0 Å². The van der Waals surface area contributed by atoms with Crippen LogP contribution in [0, 0.1) is 0 Å². The average molecular weight is 717 g/mol. The van der Waals surface area contributed by atoms with E-state index >= 15 is 0 Å². The van der Waals surface area contributed by atoms with Crippen molar-refractivity contribution in [2.75, 3.05) is 0 Å². The molecule has 3 aromatic heterocycles. The summed E-state index contributed by atoms with van der Waals surface area (Å²) in [6.45, 7) is 0. The summed E-state index contributed by atoms with van der Waals surface area (Å²) in [5, 5.41) is 4.45. The lowest BCUT2D eigenvalue weighted by Gasteiger charge is -2.14. The predicted octanol–water partition coefficient (Wildman–Crippen LogP) is 14.3. The first kappa shape index (κ1) is 31.9. The molecule has 0 aliphatic carbocycles. The van der Waals surface area contributed by atoms with E-state index in [1.165, 1.54) is 0 Å². The first-order chi connectivity index (χ1) is 27.7. The highest BCUT2D eigenvalue weighted by atomic mass is 16.3. The molecule has 0 radical (unpaired) electrons. The molecule has 0 saturated carbocycles. The molecule has 0 spiro atoms. The van der Waals surface area contributed by atoms with Gasteiger partial charge < -0.3 is 8.83 Å². The molecule has 0 saturated heterocycles. The van der Waals surface area contributed by atoms with E-state index in [-0.39, 0.29) is 0 Å². The molecule has 0 unspecified atom stereocenters. The molecule has 3 heterocycles. The Balaban J connectivity index is 1.07. The van der Waals surface area contributed by atoms with Crippen molar-refractivity contribution in [3.05, 3.63) is 194 Å². The molecule has 11 rings (SSSR count). The summed E-state index contributed by atoms with van der Waals surface area (Å²) >= 11 is 0. The van der Waals surface area contributed by atoms with Gasteiger partial charge in [0.05, 0.1) is 11.4 Å². The van der Waals surface area contributed by atoms with Gasteiger partial charge in [-0.25, -0.2) is 9.97 Å². The summed E-state index contributed by atoms with van der Waals surface area (Å²) < 4.78 is 12.3. The van der Waals surface area contributed by atoms with Crippen LogP contribution in [0.3, 0.4) is 0 Å². The van der Waals surface area contributed by atoms with E-state index in [1.54, 1.807) is 0 Å². The fourth-order valence-electron chi connectivity index (χ4n) is 7.84. The molecule has 0 aliphatic rings. The van der Waals surface area contributed by atoms with Crippen molar-refractivity contribution < 1.29 is 8.83 Å². The van der Waals surface area contributed by atoms with Gasteiger partial charge in [-0.3, -0.25) is 0 Å². The van der Waals surface area contributed by atoms with E-state index in [0.29, 0.717) is 5.82 Å². The molecule has 0 aliphatic heterocycles. The minimum Gasteiger partial charge on any atom is -0.456 e. The van der Waals surface area contributed by atoms with Gasteiger partial charge in [-0.15, -0.1) is 0 Å². The van der Waals surface area contributed by atoms with Gasteiger partial charge in [-0.1, -0.05) is 133 Å². The molecule has 0 bridgehead atoms. The number of benzene rings is 8. The van der Waals surface area contributed by atoms with Crippen LogP contribution < -0.4 is 0 Å². The molecule has 4 heteroatoms. The Morgan fingerprint density at radius 3 is 1.25 bits per heavy atom. The molecule has 0 atom stereocenters. The predicted molar refractivity (Wildman–Crippen MR) is 229 cm³/mol. The van der Waals surface area contributed by atoms with Crippen molar-refractivity contribution in [2.24, 2.45) is 0 Å². The van der Waals surface area contributed by atoms with Gasteiger partial charge in [-0.2, -0.15) is 0 Å². The van der Waals surface area contributed by atoms with Gasteiger partial charge in [0.15, 0.2) is 5.82 Å². The SMILES string of the molecule is c1ccc(-c2cc(-c3cc(-c4ccc(-c5ccc6oc7ccccc7c6c5)cc4)cc(-c4ccc5oc6ccccc6c5c4)c3)nc(-c3ccccc3)n2)cc1. The smallest absolute Gasteiger partial charge is 0.160 e. The van der Waals surface area contributed by atoms with Crippen molar-refractivity contribution in [1.29, 1.82) is 0 Å². The standard InChI is InChI=1S/C52H32N2O2/c1-3-11-35(12-4-1)46-32-47(54-52(53-46)36-13-5-2-6-14-36)41-28-39(27-40(29-41)38-24-26-51-45(31-38)43-16-8-10-18-49(43)56-51)34-21-19-33(20-22-34)37-23-25-50-44(30-37)42-15-7-9-17-48(42)55-50/h1-32H. The van der Waals surface area contributed by atoms with Crippen LogP contribution in [0.2, 0.25) is 0 Å². The minimum absolute atomic E-state index is 0.687. The highest BCUT2D eigenvalue weighted by Crippen LogP contribution is 2.38. The summed E-state index contributed by atoms with van der Waals surface area (Å²) in [6.07, 6.45) is 0. The minimum atomic E-state index is 0.687. The molecule has 56 heavy (non-hydrogen) atoms. The normalized spacial score (nSPS) is 11.6. The zero-order valence-corrected chi connectivity index (χ0v) is 30.2. The Labute approximate surface area is 323 Å². The monoisotopic (exact) mass is 716 g/mol. The highest BCUT2D eigenvalue weighted by molar-refractivity contribution is 6.07. The summed E-state index contributed by atoms with van der Waals surface area (Å²) in [6, 6.07) is 67.6. The summed E-state index contributed by atoms with van der Waals surface area (Å²) in [5.74, 6) is 0.687. The molecule has 11 aromatic rings. The van der Waals surface area contributed by atoms with Crippen molar-refractivity contribution in [3.8, 4) is 67.3 Å². The Morgan fingerprint density at radius 1 is 0.250 bits per heavy atom. The van der Waals surface area contributed by atoms with Crippen molar-refractivity contribution in [3.63, 3.8) is 0 Å². The van der Waals surface area contributed by atoms with E-state index in [2.05, 4.69) is 133 Å². The molecule has 8 aromatic carbocycles. The number of hydrogen-bond acceptors (Lipinski definition) is 4. The number of aromatic nitrogens is 2. The first-order valence-corrected chi connectivity index (χ1v) is 18.8. The second-order valence-corrected chi connectivity index (χ2v) is 14.2. The van der Waals surface area contributed by atoms with Gasteiger partial charge >= 0.3 is 0 Å². The zero-order chi connectivity index (χ0) is 37.0. The third-order valence-electron chi connectivity index (χ3n) is 10.7. The number of rotatable bonds is 6. The van der Waals surface area contributed by atoms with Crippen molar-refractivity contribution >= 4 is 43.9 Å². The zero-order valence-electron chi connectivity index (χ0n) is 30.2. The molecule has 0 N–H and O–H groups in total. The first-order valence-electron chi connectivity index (χ1n) is 18.8. The van der Waals surface area contributed by atoms with Gasteiger partial charge in [0.1, 0.15) is 22.3 Å². The van der Waals surface area contributed by atoms with E-state index in [4.69, 9.17) is 18.8 Å². The third-order valence-corrected chi connectivity index (χ3v) is 10.7. The van der Waals surface area contributed by atoms with E-state index in [1.807, 2.05) is 60.7 Å². The third kappa shape index (κ3) is 5.64. The van der Waals surface area contributed by atoms with Crippen LogP contribution in [0.1, 0.15) is 0 Å². The maximum absolute atomic E-state index is 6.21.